The molecule has 0 aromatic carbocycles. The van der Waals surface area contributed by atoms with Gasteiger partial charge in [-0.05, 0) is 25.7 Å². The Bertz CT molecular complexity index is 410. The Balaban J connectivity index is 2.14. The molecule has 110 valence electrons. The predicted octanol–water partition coefficient (Wildman–Crippen LogP) is 2.61. The summed E-state index contributed by atoms with van der Waals surface area (Å²) in [6.45, 7) is 4.25. The summed E-state index contributed by atoms with van der Waals surface area (Å²) in [5.41, 5.74) is 0. The maximum atomic E-state index is 12.8. The number of amides is 1. The van der Waals surface area contributed by atoms with Gasteiger partial charge in [-0.1, -0.05) is 31.1 Å². The number of nitrogens with zero attached hydrogens (tertiary/aromatic N) is 1. The highest BCUT2D eigenvalue weighted by Gasteiger charge is 2.38. The summed E-state index contributed by atoms with van der Waals surface area (Å²) in [4.78, 5) is 26.0. The lowest BCUT2D eigenvalue weighted by Crippen LogP contribution is -2.46. The van der Waals surface area contributed by atoms with Crippen LogP contribution in [0.4, 0.5) is 0 Å². The molecule has 2 rings (SSSR count). The molecular weight excluding hydrogens is 254 g/mol. The number of carboxylic acids is 1. The summed E-state index contributed by atoms with van der Waals surface area (Å²) in [6, 6.07) is 0.265. The number of carbonyl (C=O) groups excluding carboxylic acids is 1. The quantitative estimate of drug-likeness (QED) is 0.786. The van der Waals surface area contributed by atoms with E-state index in [-0.39, 0.29) is 11.9 Å². The van der Waals surface area contributed by atoms with Gasteiger partial charge in [-0.3, -0.25) is 9.59 Å². The van der Waals surface area contributed by atoms with E-state index in [9.17, 15) is 14.7 Å². The number of hydrogen-bond acceptors (Lipinski definition) is 2. The second-order valence-electron chi connectivity index (χ2n) is 5.71. The van der Waals surface area contributed by atoms with Gasteiger partial charge in [-0.25, -0.2) is 0 Å². The van der Waals surface area contributed by atoms with Crippen LogP contribution in [-0.2, 0) is 9.59 Å². The lowest BCUT2D eigenvalue weighted by molar-refractivity contribution is -0.151. The van der Waals surface area contributed by atoms with Crippen LogP contribution in [0, 0.1) is 11.8 Å². The van der Waals surface area contributed by atoms with Gasteiger partial charge < -0.3 is 10.0 Å². The van der Waals surface area contributed by atoms with Crippen molar-refractivity contribution in [3.8, 4) is 0 Å². The van der Waals surface area contributed by atoms with E-state index in [0.29, 0.717) is 19.4 Å². The van der Waals surface area contributed by atoms with Crippen molar-refractivity contribution in [1.29, 1.82) is 0 Å². The van der Waals surface area contributed by atoms with Crippen molar-refractivity contribution in [3.05, 3.63) is 24.8 Å². The first kappa shape index (κ1) is 14.8. The molecule has 1 fully saturated rings. The topological polar surface area (TPSA) is 57.6 Å². The second kappa shape index (κ2) is 6.73. The highest BCUT2D eigenvalue weighted by Crippen LogP contribution is 2.31. The van der Waals surface area contributed by atoms with Crippen molar-refractivity contribution in [3.63, 3.8) is 0 Å². The Labute approximate surface area is 120 Å². The van der Waals surface area contributed by atoms with Crippen LogP contribution in [0.2, 0.25) is 0 Å². The van der Waals surface area contributed by atoms with Gasteiger partial charge in [0.2, 0.25) is 5.91 Å². The molecule has 0 spiro atoms. The first-order valence-corrected chi connectivity index (χ1v) is 7.44. The van der Waals surface area contributed by atoms with Gasteiger partial charge in [0, 0.05) is 12.6 Å². The minimum atomic E-state index is -0.863. The minimum absolute atomic E-state index is 0.00597. The van der Waals surface area contributed by atoms with Gasteiger partial charge in [0.15, 0.2) is 0 Å². The fraction of sp³-hybridized carbons (Fsp3) is 0.625. The molecule has 0 aromatic heterocycles. The Morgan fingerprint density at radius 2 is 1.80 bits per heavy atom. The number of aliphatic carboxylic acids is 1. The van der Waals surface area contributed by atoms with E-state index in [0.717, 1.165) is 25.7 Å². The molecular formula is C16H23NO3. The smallest absolute Gasteiger partial charge is 0.307 e. The van der Waals surface area contributed by atoms with Gasteiger partial charge in [0.05, 0.1) is 11.8 Å². The Morgan fingerprint density at radius 3 is 2.35 bits per heavy atom. The first-order chi connectivity index (χ1) is 9.65. The van der Waals surface area contributed by atoms with Crippen molar-refractivity contribution >= 4 is 11.9 Å². The third-order valence-corrected chi connectivity index (χ3v) is 4.44. The highest BCUT2D eigenvalue weighted by atomic mass is 16.4. The molecule has 1 saturated carbocycles. The first-order valence-electron chi connectivity index (χ1n) is 7.44. The second-order valence-corrected chi connectivity index (χ2v) is 5.71. The van der Waals surface area contributed by atoms with Gasteiger partial charge in [-0.2, -0.15) is 0 Å². The molecule has 1 N–H and O–H groups in total. The zero-order valence-electron chi connectivity index (χ0n) is 11.8. The largest absolute Gasteiger partial charge is 0.481 e. The molecule has 4 nitrogen and oxygen atoms in total. The van der Waals surface area contributed by atoms with Gasteiger partial charge >= 0.3 is 5.97 Å². The number of allylic oxidation sites excluding steroid dienone is 2. The molecule has 0 bridgehead atoms. The van der Waals surface area contributed by atoms with E-state index in [2.05, 4.69) is 6.58 Å². The lowest BCUT2D eigenvalue weighted by atomic mass is 9.81. The number of rotatable bonds is 5. The highest BCUT2D eigenvalue weighted by molar-refractivity contribution is 5.85. The van der Waals surface area contributed by atoms with Crippen molar-refractivity contribution in [2.75, 3.05) is 6.54 Å². The van der Waals surface area contributed by atoms with Crippen LogP contribution in [0.1, 0.15) is 38.5 Å². The van der Waals surface area contributed by atoms with E-state index in [1.807, 2.05) is 17.1 Å². The van der Waals surface area contributed by atoms with Gasteiger partial charge in [0.25, 0.3) is 0 Å². The Kier molecular flexibility index (Phi) is 4.99. The summed E-state index contributed by atoms with van der Waals surface area (Å²) >= 11 is 0. The average Bonchev–Trinajstić information content (AvgIpc) is 2.98. The van der Waals surface area contributed by atoms with Crippen molar-refractivity contribution in [1.82, 2.24) is 4.90 Å². The summed E-state index contributed by atoms with van der Waals surface area (Å²) in [5.74, 6) is -1.87. The molecule has 20 heavy (non-hydrogen) atoms. The maximum absolute atomic E-state index is 12.8. The summed E-state index contributed by atoms with van der Waals surface area (Å²) in [7, 11) is 0. The van der Waals surface area contributed by atoms with Crippen LogP contribution >= 0.6 is 0 Å². The zero-order chi connectivity index (χ0) is 14.5. The van der Waals surface area contributed by atoms with Crippen LogP contribution in [0.15, 0.2) is 24.8 Å². The van der Waals surface area contributed by atoms with E-state index in [1.165, 1.54) is 0 Å². The molecule has 0 unspecified atom stereocenters. The molecule has 0 saturated heterocycles. The minimum Gasteiger partial charge on any atom is -0.481 e. The lowest BCUT2D eigenvalue weighted by Gasteiger charge is -2.34. The average molecular weight is 277 g/mol. The van der Waals surface area contributed by atoms with Crippen LogP contribution in [-0.4, -0.2) is 34.5 Å². The number of carboxylic acid groups (broad SMARTS) is 1. The standard InChI is InChI=1S/C16H23NO3/c1-2-11-17(12-7-3-4-8-12)15(18)13-9-5-6-10-14(13)16(19)20/h2,5-6,12-14H,1,3-4,7-11H2,(H,19,20)/t13-,14+/m1/s1. The molecule has 4 heteroatoms. The van der Waals surface area contributed by atoms with Crippen LogP contribution < -0.4 is 0 Å². The SMILES string of the molecule is C=CCN(C(=O)[C@@H]1CC=CC[C@@H]1C(=O)O)C1CCCC1. The molecule has 0 aromatic rings. The van der Waals surface area contributed by atoms with E-state index >= 15 is 0 Å². The number of carbonyl (C=O) groups is 2. The molecule has 0 radical (unpaired) electrons. The third kappa shape index (κ3) is 3.11. The normalized spacial score (nSPS) is 26.4. The monoisotopic (exact) mass is 277 g/mol. The summed E-state index contributed by atoms with van der Waals surface area (Å²) in [5, 5.41) is 9.31. The molecule has 2 aliphatic rings. The molecule has 2 atom stereocenters. The maximum Gasteiger partial charge on any atom is 0.307 e. The third-order valence-electron chi connectivity index (χ3n) is 4.44. The Hall–Kier alpha value is -1.58. The van der Waals surface area contributed by atoms with Crippen LogP contribution in [0.3, 0.4) is 0 Å². The van der Waals surface area contributed by atoms with Crippen molar-refractivity contribution in [2.45, 2.75) is 44.6 Å². The van der Waals surface area contributed by atoms with Gasteiger partial charge in [0.1, 0.15) is 0 Å². The van der Waals surface area contributed by atoms with E-state index in [4.69, 9.17) is 0 Å². The Morgan fingerprint density at radius 1 is 1.20 bits per heavy atom. The fourth-order valence-electron chi connectivity index (χ4n) is 3.35. The van der Waals surface area contributed by atoms with Crippen LogP contribution in [0.25, 0.3) is 0 Å². The molecule has 0 heterocycles. The van der Waals surface area contributed by atoms with Crippen molar-refractivity contribution < 1.29 is 14.7 Å². The van der Waals surface area contributed by atoms with Gasteiger partial charge in [-0.15, -0.1) is 6.58 Å². The van der Waals surface area contributed by atoms with Crippen LogP contribution in [0.5, 0.6) is 0 Å². The summed E-state index contributed by atoms with van der Waals surface area (Å²) in [6.07, 6.45) is 10.9. The fourth-order valence-corrected chi connectivity index (χ4v) is 3.35. The van der Waals surface area contributed by atoms with E-state index < -0.39 is 17.8 Å². The number of hydrogen-bond donors (Lipinski definition) is 1. The van der Waals surface area contributed by atoms with Crippen molar-refractivity contribution in [2.24, 2.45) is 11.8 Å². The summed E-state index contributed by atoms with van der Waals surface area (Å²) < 4.78 is 0. The zero-order valence-corrected chi connectivity index (χ0v) is 11.8. The predicted molar refractivity (Wildman–Crippen MR) is 77.2 cm³/mol. The molecule has 2 aliphatic carbocycles. The molecule has 1 amide bonds. The van der Waals surface area contributed by atoms with E-state index in [1.54, 1.807) is 6.08 Å². The molecule has 0 aliphatic heterocycles.